The molecule has 0 spiro atoms. The van der Waals surface area contributed by atoms with E-state index in [1.807, 2.05) is 19.1 Å². The van der Waals surface area contributed by atoms with Crippen molar-refractivity contribution in [3.63, 3.8) is 0 Å². The Hall–Kier alpha value is -2.17. The lowest BCUT2D eigenvalue weighted by Gasteiger charge is -2.32. The van der Waals surface area contributed by atoms with Gasteiger partial charge in [0.25, 0.3) is 0 Å². The highest BCUT2D eigenvalue weighted by Crippen LogP contribution is 2.39. The number of rotatable bonds is 2. The van der Waals surface area contributed by atoms with Crippen LogP contribution in [-0.2, 0) is 6.42 Å². The minimum Gasteiger partial charge on any atom is -0.485 e. The van der Waals surface area contributed by atoms with E-state index in [4.69, 9.17) is 4.74 Å². The molecule has 0 amide bonds. The third-order valence-electron chi connectivity index (χ3n) is 3.97. The molecule has 5 heteroatoms. The lowest BCUT2D eigenvalue weighted by molar-refractivity contribution is -0.274. The topological polar surface area (TPSA) is 18.5 Å². The normalized spacial score (nSPS) is 20.6. The highest BCUT2D eigenvalue weighted by Gasteiger charge is 2.32. The Kier molecular flexibility index (Phi) is 3.96. The summed E-state index contributed by atoms with van der Waals surface area (Å²) in [5, 5.41) is 0. The summed E-state index contributed by atoms with van der Waals surface area (Å²) >= 11 is 0. The van der Waals surface area contributed by atoms with Gasteiger partial charge in [0.2, 0.25) is 0 Å². The molecule has 0 aliphatic carbocycles. The predicted octanol–water partition coefficient (Wildman–Crippen LogP) is 5.21. The van der Waals surface area contributed by atoms with Crippen LogP contribution in [0.1, 0.15) is 29.7 Å². The fraction of sp³-hybridized carbons (Fsp3) is 0.333. The first-order chi connectivity index (χ1) is 10.8. The van der Waals surface area contributed by atoms with E-state index in [0.29, 0.717) is 0 Å². The average molecular weight is 322 g/mol. The van der Waals surface area contributed by atoms with Gasteiger partial charge in [0.05, 0.1) is 0 Å². The first kappa shape index (κ1) is 15.7. The molecule has 3 rings (SSSR count). The summed E-state index contributed by atoms with van der Waals surface area (Å²) in [7, 11) is 0. The predicted molar refractivity (Wildman–Crippen MR) is 80.5 cm³/mol. The van der Waals surface area contributed by atoms with Crippen molar-refractivity contribution < 1.29 is 22.6 Å². The van der Waals surface area contributed by atoms with E-state index in [0.717, 1.165) is 17.7 Å². The van der Waals surface area contributed by atoms with Gasteiger partial charge in [-0.1, -0.05) is 36.8 Å². The molecule has 0 saturated heterocycles. The molecule has 0 radical (unpaired) electrons. The van der Waals surface area contributed by atoms with Crippen LogP contribution in [0.5, 0.6) is 11.5 Å². The van der Waals surface area contributed by atoms with Crippen LogP contribution < -0.4 is 9.47 Å². The van der Waals surface area contributed by atoms with Crippen molar-refractivity contribution in [1.29, 1.82) is 0 Å². The lowest BCUT2D eigenvalue weighted by Crippen LogP contribution is -2.24. The van der Waals surface area contributed by atoms with E-state index in [2.05, 4.69) is 17.7 Å². The Balaban J connectivity index is 1.80. The van der Waals surface area contributed by atoms with Gasteiger partial charge in [0.15, 0.2) is 0 Å². The van der Waals surface area contributed by atoms with Crippen LogP contribution in [0.4, 0.5) is 13.2 Å². The van der Waals surface area contributed by atoms with Crippen molar-refractivity contribution in [2.45, 2.75) is 32.7 Å². The van der Waals surface area contributed by atoms with Gasteiger partial charge in [-0.15, -0.1) is 13.2 Å². The van der Waals surface area contributed by atoms with Crippen LogP contribution in [0.3, 0.4) is 0 Å². The SMILES string of the molecule is Cc1ccc2c(c1)CC(C)C(c1ccc(OC(F)(F)F)cc1)O2. The van der Waals surface area contributed by atoms with E-state index >= 15 is 0 Å². The lowest BCUT2D eigenvalue weighted by atomic mass is 9.88. The van der Waals surface area contributed by atoms with Crippen molar-refractivity contribution in [3.8, 4) is 11.5 Å². The van der Waals surface area contributed by atoms with Gasteiger partial charge in [-0.2, -0.15) is 0 Å². The van der Waals surface area contributed by atoms with E-state index in [1.165, 1.54) is 23.3 Å². The molecule has 23 heavy (non-hydrogen) atoms. The molecule has 2 atom stereocenters. The number of hydrogen-bond acceptors (Lipinski definition) is 2. The first-order valence-electron chi connectivity index (χ1n) is 7.44. The van der Waals surface area contributed by atoms with Gasteiger partial charge in [0.1, 0.15) is 17.6 Å². The Morgan fingerprint density at radius 1 is 1.09 bits per heavy atom. The number of ether oxygens (including phenoxy) is 2. The third-order valence-corrected chi connectivity index (χ3v) is 3.97. The summed E-state index contributed by atoms with van der Waals surface area (Å²) in [6.07, 6.45) is -3.97. The third kappa shape index (κ3) is 3.60. The Morgan fingerprint density at radius 2 is 1.78 bits per heavy atom. The largest absolute Gasteiger partial charge is 0.573 e. The molecule has 2 nitrogen and oxygen atoms in total. The minimum absolute atomic E-state index is 0.176. The second-order valence-electron chi connectivity index (χ2n) is 5.95. The zero-order valence-electron chi connectivity index (χ0n) is 12.9. The molecule has 0 fully saturated rings. The van der Waals surface area contributed by atoms with Gasteiger partial charge in [-0.3, -0.25) is 0 Å². The molecule has 1 aliphatic rings. The van der Waals surface area contributed by atoms with Crippen molar-refractivity contribution in [3.05, 3.63) is 59.2 Å². The second-order valence-corrected chi connectivity index (χ2v) is 5.95. The number of alkyl halides is 3. The van der Waals surface area contributed by atoms with Gasteiger partial charge in [-0.25, -0.2) is 0 Å². The van der Waals surface area contributed by atoms with Gasteiger partial charge < -0.3 is 9.47 Å². The Morgan fingerprint density at radius 3 is 2.43 bits per heavy atom. The van der Waals surface area contributed by atoms with E-state index in [1.54, 1.807) is 12.1 Å². The highest BCUT2D eigenvalue weighted by molar-refractivity contribution is 5.40. The molecule has 2 aromatic carbocycles. The molecular formula is C18H17F3O2. The molecule has 1 heterocycles. The van der Waals surface area contributed by atoms with Crippen molar-refractivity contribution in [1.82, 2.24) is 0 Å². The maximum Gasteiger partial charge on any atom is 0.573 e. The zero-order valence-corrected chi connectivity index (χ0v) is 12.9. The van der Waals surface area contributed by atoms with E-state index < -0.39 is 6.36 Å². The Bertz CT molecular complexity index is 692. The van der Waals surface area contributed by atoms with Crippen LogP contribution in [-0.4, -0.2) is 6.36 Å². The number of hydrogen-bond donors (Lipinski definition) is 0. The summed E-state index contributed by atoms with van der Waals surface area (Å²) in [5.74, 6) is 0.855. The number of benzene rings is 2. The van der Waals surface area contributed by atoms with Gasteiger partial charge >= 0.3 is 6.36 Å². The molecule has 0 N–H and O–H groups in total. The number of aryl methyl sites for hydroxylation is 1. The summed E-state index contributed by atoms with van der Waals surface area (Å²) < 4.78 is 46.6. The molecule has 0 saturated carbocycles. The molecule has 2 aromatic rings. The van der Waals surface area contributed by atoms with Crippen molar-refractivity contribution in [2.75, 3.05) is 0 Å². The average Bonchev–Trinajstić information content (AvgIpc) is 2.46. The Labute approximate surface area is 132 Å². The summed E-state index contributed by atoms with van der Waals surface area (Å²) in [5.41, 5.74) is 3.20. The molecule has 0 bridgehead atoms. The van der Waals surface area contributed by atoms with E-state index in [9.17, 15) is 13.2 Å². The molecule has 2 unspecified atom stereocenters. The first-order valence-corrected chi connectivity index (χ1v) is 7.44. The van der Waals surface area contributed by atoms with Crippen LogP contribution >= 0.6 is 0 Å². The smallest absolute Gasteiger partial charge is 0.485 e. The van der Waals surface area contributed by atoms with Crippen LogP contribution in [0, 0.1) is 12.8 Å². The van der Waals surface area contributed by atoms with Crippen LogP contribution in [0.25, 0.3) is 0 Å². The standard InChI is InChI=1S/C18H17F3O2/c1-11-3-8-16-14(9-11)10-12(2)17(22-16)13-4-6-15(7-5-13)23-18(19,20)21/h3-9,12,17H,10H2,1-2H3. The fourth-order valence-electron chi connectivity index (χ4n) is 2.95. The maximum absolute atomic E-state index is 12.2. The minimum atomic E-state index is -4.67. The van der Waals surface area contributed by atoms with Crippen LogP contribution in [0.15, 0.2) is 42.5 Å². The highest BCUT2D eigenvalue weighted by atomic mass is 19.4. The summed E-state index contributed by atoms with van der Waals surface area (Å²) in [6.45, 7) is 4.12. The number of halogens is 3. The van der Waals surface area contributed by atoms with E-state index in [-0.39, 0.29) is 17.8 Å². The van der Waals surface area contributed by atoms with Crippen LogP contribution in [0.2, 0.25) is 0 Å². The molecular weight excluding hydrogens is 305 g/mol. The summed E-state index contributed by atoms with van der Waals surface area (Å²) in [4.78, 5) is 0. The van der Waals surface area contributed by atoms with Gasteiger partial charge in [0, 0.05) is 5.92 Å². The second kappa shape index (κ2) is 5.80. The zero-order chi connectivity index (χ0) is 16.6. The molecule has 122 valence electrons. The van der Waals surface area contributed by atoms with Crippen molar-refractivity contribution in [2.24, 2.45) is 5.92 Å². The monoisotopic (exact) mass is 322 g/mol. The summed E-state index contributed by atoms with van der Waals surface area (Å²) in [6, 6.07) is 12.0. The number of fused-ring (bicyclic) bond motifs is 1. The molecule has 1 aliphatic heterocycles. The van der Waals surface area contributed by atoms with Crippen molar-refractivity contribution >= 4 is 0 Å². The van der Waals surface area contributed by atoms with Gasteiger partial charge in [-0.05, 0) is 42.7 Å². The quantitative estimate of drug-likeness (QED) is 0.756. The fourth-order valence-corrected chi connectivity index (χ4v) is 2.95. The maximum atomic E-state index is 12.2. The molecule has 0 aromatic heterocycles.